The first-order chi connectivity index (χ1) is 8.71. The van der Waals surface area contributed by atoms with Crippen molar-refractivity contribution in [2.24, 2.45) is 5.41 Å². The number of hydrogen-bond donors (Lipinski definition) is 0. The number of likely N-dealkylation sites (tertiary alicyclic amines) is 1. The van der Waals surface area contributed by atoms with Crippen LogP contribution in [-0.4, -0.2) is 38.1 Å². The molecule has 0 aromatic heterocycles. The lowest BCUT2D eigenvalue weighted by Gasteiger charge is -2.53. The van der Waals surface area contributed by atoms with Gasteiger partial charge in [0, 0.05) is 31.9 Å². The van der Waals surface area contributed by atoms with Gasteiger partial charge in [0.2, 0.25) is 0 Å². The highest BCUT2D eigenvalue weighted by atomic mass is 15.2. The highest BCUT2D eigenvalue weighted by Crippen LogP contribution is 2.40. The third-order valence-corrected chi connectivity index (χ3v) is 4.74. The minimum atomic E-state index is 0.661. The van der Waals surface area contributed by atoms with Gasteiger partial charge in [-0.25, -0.2) is 0 Å². The first-order valence-corrected chi connectivity index (χ1v) is 7.23. The molecule has 3 rings (SSSR count). The van der Waals surface area contributed by atoms with E-state index in [1.165, 1.54) is 50.3 Å². The van der Waals surface area contributed by atoms with Gasteiger partial charge in [-0.2, -0.15) is 0 Å². The summed E-state index contributed by atoms with van der Waals surface area (Å²) in [5.74, 6) is 0. The van der Waals surface area contributed by atoms with Crippen molar-refractivity contribution in [2.75, 3.05) is 38.1 Å². The van der Waals surface area contributed by atoms with Gasteiger partial charge < -0.3 is 9.80 Å². The van der Waals surface area contributed by atoms with E-state index in [-0.39, 0.29) is 0 Å². The molecule has 1 aromatic carbocycles. The van der Waals surface area contributed by atoms with Crippen LogP contribution >= 0.6 is 0 Å². The van der Waals surface area contributed by atoms with Crippen LogP contribution in [0.1, 0.15) is 25.3 Å². The number of anilines is 1. The van der Waals surface area contributed by atoms with Crippen LogP contribution in [0.15, 0.2) is 24.3 Å². The van der Waals surface area contributed by atoms with Crippen molar-refractivity contribution in [1.82, 2.24) is 4.90 Å². The zero-order valence-corrected chi connectivity index (χ0v) is 11.7. The third-order valence-electron chi connectivity index (χ3n) is 4.74. The van der Waals surface area contributed by atoms with Gasteiger partial charge in [0.1, 0.15) is 0 Å². The molecule has 0 atom stereocenters. The maximum atomic E-state index is 2.56. The Hall–Kier alpha value is -1.02. The first-order valence-electron chi connectivity index (χ1n) is 7.23. The van der Waals surface area contributed by atoms with E-state index in [9.17, 15) is 0 Å². The predicted octanol–water partition coefficient (Wildman–Crippen LogP) is 2.78. The first kappa shape index (κ1) is 12.0. The van der Waals surface area contributed by atoms with Gasteiger partial charge in [0.05, 0.1) is 0 Å². The van der Waals surface area contributed by atoms with E-state index in [4.69, 9.17) is 0 Å². The van der Waals surface area contributed by atoms with Gasteiger partial charge in [-0.1, -0.05) is 19.1 Å². The molecule has 2 heterocycles. The Kier molecular flexibility index (Phi) is 3.06. The molecule has 0 bridgehead atoms. The van der Waals surface area contributed by atoms with Gasteiger partial charge in [0.15, 0.2) is 0 Å². The van der Waals surface area contributed by atoms with Crippen LogP contribution in [-0.2, 0) is 6.42 Å². The van der Waals surface area contributed by atoms with E-state index in [2.05, 4.69) is 48.0 Å². The second-order valence-electron chi connectivity index (χ2n) is 6.18. The van der Waals surface area contributed by atoms with E-state index >= 15 is 0 Å². The van der Waals surface area contributed by atoms with Crippen LogP contribution in [0.2, 0.25) is 0 Å². The van der Waals surface area contributed by atoms with Crippen LogP contribution in [0.25, 0.3) is 0 Å². The maximum absolute atomic E-state index is 2.56. The lowest BCUT2D eigenvalue weighted by Crippen LogP contribution is -2.58. The van der Waals surface area contributed by atoms with Gasteiger partial charge in [-0.05, 0) is 49.4 Å². The van der Waals surface area contributed by atoms with Crippen molar-refractivity contribution in [2.45, 2.75) is 26.2 Å². The molecule has 0 saturated carbocycles. The fourth-order valence-electron chi connectivity index (χ4n) is 3.60. The smallest absolute Gasteiger partial charge is 0.0366 e. The molecule has 0 aliphatic carbocycles. The Labute approximate surface area is 111 Å². The molecule has 0 unspecified atom stereocenters. The van der Waals surface area contributed by atoms with Crippen molar-refractivity contribution >= 4 is 5.69 Å². The lowest BCUT2D eigenvalue weighted by atomic mass is 9.72. The summed E-state index contributed by atoms with van der Waals surface area (Å²) < 4.78 is 0. The molecular weight excluding hydrogens is 220 g/mol. The zero-order chi connectivity index (χ0) is 12.6. The van der Waals surface area contributed by atoms with Gasteiger partial charge in [-0.3, -0.25) is 0 Å². The van der Waals surface area contributed by atoms with E-state index in [1.807, 2.05) is 0 Å². The number of rotatable bonds is 2. The maximum Gasteiger partial charge on any atom is 0.0366 e. The van der Waals surface area contributed by atoms with Crippen LogP contribution in [0.5, 0.6) is 0 Å². The molecule has 1 aromatic rings. The minimum Gasteiger partial charge on any atom is -0.371 e. The van der Waals surface area contributed by atoms with Crippen molar-refractivity contribution in [3.05, 3.63) is 29.8 Å². The van der Waals surface area contributed by atoms with E-state index in [0.717, 1.165) is 6.42 Å². The second kappa shape index (κ2) is 4.58. The van der Waals surface area contributed by atoms with Crippen LogP contribution in [0, 0.1) is 5.41 Å². The quantitative estimate of drug-likeness (QED) is 0.789. The van der Waals surface area contributed by atoms with Crippen molar-refractivity contribution < 1.29 is 0 Å². The van der Waals surface area contributed by atoms with Gasteiger partial charge >= 0.3 is 0 Å². The van der Waals surface area contributed by atoms with Gasteiger partial charge in [0.25, 0.3) is 0 Å². The summed E-state index contributed by atoms with van der Waals surface area (Å²) in [6.45, 7) is 7.32. The molecule has 2 aliphatic rings. The molecule has 1 spiro atoms. The molecule has 2 nitrogen and oxygen atoms in total. The molecule has 18 heavy (non-hydrogen) atoms. The summed E-state index contributed by atoms with van der Waals surface area (Å²) in [6, 6.07) is 9.14. The highest BCUT2D eigenvalue weighted by molar-refractivity contribution is 5.48. The molecule has 2 heteroatoms. The minimum absolute atomic E-state index is 0.661. The molecule has 98 valence electrons. The summed E-state index contributed by atoms with van der Waals surface area (Å²) in [5.41, 5.74) is 3.51. The highest BCUT2D eigenvalue weighted by Gasteiger charge is 2.42. The van der Waals surface area contributed by atoms with E-state index in [1.54, 1.807) is 0 Å². The normalized spacial score (nSPS) is 23.1. The van der Waals surface area contributed by atoms with Crippen molar-refractivity contribution in [1.29, 1.82) is 0 Å². The number of nitrogens with zero attached hydrogens (tertiary/aromatic N) is 2. The van der Waals surface area contributed by atoms with Crippen LogP contribution in [0.4, 0.5) is 5.69 Å². The summed E-state index contributed by atoms with van der Waals surface area (Å²) in [7, 11) is 2.24. The topological polar surface area (TPSA) is 6.48 Å². The standard InChI is InChI=1S/C16H24N2/c1-3-14-4-6-15(7-5-14)18-10-8-16(9-11-18)12-17(2)13-16/h4-7H,3,8-13H2,1-2H3. The van der Waals surface area contributed by atoms with Gasteiger partial charge in [-0.15, -0.1) is 0 Å². The Morgan fingerprint density at radius 3 is 2.17 bits per heavy atom. The lowest BCUT2D eigenvalue weighted by molar-refractivity contribution is 0.00132. The molecule has 2 aliphatic heterocycles. The van der Waals surface area contributed by atoms with Crippen molar-refractivity contribution in [3.63, 3.8) is 0 Å². The fourth-order valence-corrected chi connectivity index (χ4v) is 3.60. The average Bonchev–Trinajstić information content (AvgIpc) is 2.38. The van der Waals surface area contributed by atoms with E-state index in [0.29, 0.717) is 5.41 Å². The Bertz CT molecular complexity index is 394. The molecule has 0 N–H and O–H groups in total. The average molecular weight is 244 g/mol. The van der Waals surface area contributed by atoms with E-state index < -0.39 is 0 Å². The molecule has 2 saturated heterocycles. The Morgan fingerprint density at radius 2 is 1.67 bits per heavy atom. The number of benzene rings is 1. The molecular formula is C16H24N2. The summed E-state index contributed by atoms with van der Waals surface area (Å²) in [5, 5.41) is 0. The second-order valence-corrected chi connectivity index (χ2v) is 6.18. The SMILES string of the molecule is CCc1ccc(N2CCC3(CC2)CN(C)C3)cc1. The summed E-state index contributed by atoms with van der Waals surface area (Å²) in [6.07, 6.45) is 3.87. The van der Waals surface area contributed by atoms with Crippen LogP contribution < -0.4 is 4.90 Å². The monoisotopic (exact) mass is 244 g/mol. The number of aryl methyl sites for hydroxylation is 1. The summed E-state index contributed by atoms with van der Waals surface area (Å²) >= 11 is 0. The fraction of sp³-hybridized carbons (Fsp3) is 0.625. The Morgan fingerprint density at radius 1 is 1.06 bits per heavy atom. The largest absolute Gasteiger partial charge is 0.371 e. The number of piperidine rings is 1. The summed E-state index contributed by atoms with van der Waals surface area (Å²) in [4.78, 5) is 5.01. The Balaban J connectivity index is 1.61. The molecule has 2 fully saturated rings. The molecule has 0 radical (unpaired) electrons. The third kappa shape index (κ3) is 2.14. The molecule has 0 amide bonds. The van der Waals surface area contributed by atoms with Crippen molar-refractivity contribution in [3.8, 4) is 0 Å². The van der Waals surface area contributed by atoms with Crippen LogP contribution in [0.3, 0.4) is 0 Å². The predicted molar refractivity (Wildman–Crippen MR) is 77.2 cm³/mol. The number of hydrogen-bond acceptors (Lipinski definition) is 2. The zero-order valence-electron chi connectivity index (χ0n) is 11.7.